The third-order valence-electron chi connectivity index (χ3n) is 6.20. The van der Waals surface area contributed by atoms with E-state index in [0.717, 1.165) is 84.4 Å². The summed E-state index contributed by atoms with van der Waals surface area (Å²) in [7, 11) is 3.62. The van der Waals surface area contributed by atoms with Gasteiger partial charge in [-0.2, -0.15) is 0 Å². The first-order valence-corrected chi connectivity index (χ1v) is 11.7. The lowest BCUT2D eigenvalue weighted by atomic mass is 10.0. The van der Waals surface area contributed by atoms with E-state index in [1.54, 1.807) is 7.11 Å². The maximum atomic E-state index is 6.01. The number of hydrogen-bond acceptors (Lipinski definition) is 5. The fourth-order valence-electron chi connectivity index (χ4n) is 4.34. The molecule has 182 valence electrons. The van der Waals surface area contributed by atoms with Crippen molar-refractivity contribution in [3.8, 4) is 0 Å². The molecular weight excluding hydrogens is 519 g/mol. The number of likely N-dealkylation sites (tertiary alicyclic amines) is 1. The number of morpholine rings is 1. The first-order valence-electron chi connectivity index (χ1n) is 11.7. The van der Waals surface area contributed by atoms with Crippen molar-refractivity contribution >= 4 is 29.9 Å². The van der Waals surface area contributed by atoms with Crippen molar-refractivity contribution in [3.63, 3.8) is 0 Å². The molecule has 0 spiro atoms. The predicted molar refractivity (Wildman–Crippen MR) is 140 cm³/mol. The Hall–Kier alpha value is -0.940. The average molecular weight is 561 g/mol. The van der Waals surface area contributed by atoms with Crippen LogP contribution >= 0.6 is 24.0 Å². The molecule has 3 rings (SSSR count). The summed E-state index contributed by atoms with van der Waals surface area (Å²) < 4.78 is 16.7. The molecule has 2 fully saturated rings. The minimum Gasteiger partial charge on any atom is -0.385 e. The van der Waals surface area contributed by atoms with E-state index in [1.807, 2.05) is 7.05 Å². The third-order valence-corrected chi connectivity index (χ3v) is 6.20. The Morgan fingerprint density at radius 2 is 1.81 bits per heavy atom. The number of nitrogens with one attached hydrogen (secondary N) is 1. The van der Waals surface area contributed by atoms with Gasteiger partial charge in [0.15, 0.2) is 5.96 Å². The molecule has 1 N–H and O–H groups in total. The number of methoxy groups -OCH3 is 1. The minimum absolute atomic E-state index is 0. The SMILES string of the molecule is CN=C(NCC(c1ccc(C)cc1)N1CCOCC1)N1CCC(OCCCOC)CC1.I. The van der Waals surface area contributed by atoms with Gasteiger partial charge in [-0.05, 0) is 31.7 Å². The van der Waals surface area contributed by atoms with Crippen LogP contribution in [0.25, 0.3) is 0 Å². The van der Waals surface area contributed by atoms with Gasteiger partial charge in [-0.3, -0.25) is 9.89 Å². The molecule has 1 unspecified atom stereocenters. The Morgan fingerprint density at radius 1 is 1.12 bits per heavy atom. The molecule has 2 aliphatic heterocycles. The molecule has 7 nitrogen and oxygen atoms in total. The number of rotatable bonds is 9. The van der Waals surface area contributed by atoms with E-state index in [-0.39, 0.29) is 24.0 Å². The second kappa shape index (κ2) is 15.1. The van der Waals surface area contributed by atoms with Crippen molar-refractivity contribution in [1.29, 1.82) is 0 Å². The minimum atomic E-state index is 0. The highest BCUT2D eigenvalue weighted by Gasteiger charge is 2.25. The second-order valence-electron chi connectivity index (χ2n) is 8.41. The maximum Gasteiger partial charge on any atom is 0.193 e. The van der Waals surface area contributed by atoms with Crippen LogP contribution in [0.2, 0.25) is 0 Å². The standard InChI is InChI=1S/C24H40N4O3.HI/c1-20-5-7-21(8-6-20)23(27-13-17-30-18-14-27)19-26-24(25-2)28-11-9-22(10-12-28)31-16-4-15-29-3;/h5-8,22-23H,4,9-19H2,1-3H3,(H,25,26);1H. The topological polar surface area (TPSA) is 58.6 Å². The van der Waals surface area contributed by atoms with Gasteiger partial charge in [0.2, 0.25) is 0 Å². The number of hydrogen-bond donors (Lipinski definition) is 1. The van der Waals surface area contributed by atoms with Gasteiger partial charge >= 0.3 is 0 Å². The molecule has 2 aliphatic rings. The van der Waals surface area contributed by atoms with Crippen LogP contribution < -0.4 is 5.32 Å². The molecule has 0 amide bonds. The van der Waals surface area contributed by atoms with E-state index in [1.165, 1.54) is 11.1 Å². The first kappa shape index (κ1) is 27.3. The molecule has 0 aromatic heterocycles. The van der Waals surface area contributed by atoms with Crippen LogP contribution in [-0.4, -0.2) is 95.2 Å². The molecule has 8 heteroatoms. The second-order valence-corrected chi connectivity index (χ2v) is 8.41. The molecular formula is C24H41IN4O3. The van der Waals surface area contributed by atoms with Crippen molar-refractivity contribution in [1.82, 2.24) is 15.1 Å². The predicted octanol–water partition coefficient (Wildman–Crippen LogP) is 3.08. The maximum absolute atomic E-state index is 6.01. The van der Waals surface area contributed by atoms with Gasteiger partial charge in [-0.1, -0.05) is 29.8 Å². The number of guanidine groups is 1. The van der Waals surface area contributed by atoms with E-state index in [0.29, 0.717) is 12.1 Å². The van der Waals surface area contributed by atoms with Gasteiger partial charge in [-0.25, -0.2) is 0 Å². The van der Waals surface area contributed by atoms with Crippen LogP contribution in [0.3, 0.4) is 0 Å². The van der Waals surface area contributed by atoms with Crippen LogP contribution in [0, 0.1) is 6.92 Å². The van der Waals surface area contributed by atoms with Crippen LogP contribution in [0.1, 0.15) is 36.4 Å². The van der Waals surface area contributed by atoms with Crippen molar-refractivity contribution in [3.05, 3.63) is 35.4 Å². The molecule has 32 heavy (non-hydrogen) atoms. The molecule has 0 saturated carbocycles. The van der Waals surface area contributed by atoms with E-state index in [4.69, 9.17) is 14.2 Å². The van der Waals surface area contributed by atoms with Crippen LogP contribution in [0.5, 0.6) is 0 Å². The van der Waals surface area contributed by atoms with Crippen molar-refractivity contribution in [2.45, 2.75) is 38.3 Å². The highest BCUT2D eigenvalue weighted by atomic mass is 127. The normalized spacial score (nSPS) is 19.5. The van der Waals surface area contributed by atoms with Gasteiger partial charge < -0.3 is 24.4 Å². The lowest BCUT2D eigenvalue weighted by Gasteiger charge is -2.37. The third kappa shape index (κ3) is 8.44. The molecule has 1 aromatic rings. The van der Waals surface area contributed by atoms with Gasteiger partial charge in [0.1, 0.15) is 0 Å². The summed E-state index contributed by atoms with van der Waals surface area (Å²) in [6.07, 6.45) is 3.39. The highest BCUT2D eigenvalue weighted by molar-refractivity contribution is 14.0. The zero-order chi connectivity index (χ0) is 21.9. The van der Waals surface area contributed by atoms with Crippen molar-refractivity contribution in [2.24, 2.45) is 4.99 Å². The molecule has 1 atom stereocenters. The molecule has 1 aromatic carbocycles. The van der Waals surface area contributed by atoms with Gasteiger partial charge in [0.25, 0.3) is 0 Å². The zero-order valence-corrected chi connectivity index (χ0v) is 22.3. The van der Waals surface area contributed by atoms with Gasteiger partial charge in [-0.15, -0.1) is 24.0 Å². The monoisotopic (exact) mass is 560 g/mol. The van der Waals surface area contributed by atoms with E-state index in [9.17, 15) is 0 Å². The van der Waals surface area contributed by atoms with Crippen LogP contribution in [-0.2, 0) is 14.2 Å². The number of nitrogens with zero attached hydrogens (tertiary/aromatic N) is 3. The average Bonchev–Trinajstić information content (AvgIpc) is 2.82. The van der Waals surface area contributed by atoms with Gasteiger partial charge in [0, 0.05) is 60.1 Å². The number of piperidine rings is 1. The lowest BCUT2D eigenvalue weighted by molar-refractivity contribution is 0.00928. The molecule has 0 bridgehead atoms. The molecule has 2 heterocycles. The number of halogens is 1. The van der Waals surface area contributed by atoms with E-state index >= 15 is 0 Å². The fourth-order valence-corrected chi connectivity index (χ4v) is 4.34. The summed E-state index contributed by atoms with van der Waals surface area (Å²) >= 11 is 0. The Labute approximate surface area is 210 Å². The summed E-state index contributed by atoms with van der Waals surface area (Å²) in [6.45, 7) is 9.99. The first-order chi connectivity index (χ1) is 15.2. The summed E-state index contributed by atoms with van der Waals surface area (Å²) in [5.41, 5.74) is 2.64. The summed E-state index contributed by atoms with van der Waals surface area (Å²) in [5, 5.41) is 3.66. The largest absolute Gasteiger partial charge is 0.385 e. The quantitative estimate of drug-likeness (QED) is 0.217. The number of aryl methyl sites for hydroxylation is 1. The Bertz CT molecular complexity index is 660. The lowest BCUT2D eigenvalue weighted by Crippen LogP contribution is -2.50. The van der Waals surface area contributed by atoms with Crippen molar-refractivity contribution < 1.29 is 14.2 Å². The Morgan fingerprint density at radius 3 is 2.44 bits per heavy atom. The summed E-state index contributed by atoms with van der Waals surface area (Å²) in [6, 6.07) is 9.23. The van der Waals surface area contributed by atoms with Crippen LogP contribution in [0.15, 0.2) is 29.3 Å². The van der Waals surface area contributed by atoms with E-state index < -0.39 is 0 Å². The number of benzene rings is 1. The van der Waals surface area contributed by atoms with Crippen LogP contribution in [0.4, 0.5) is 0 Å². The van der Waals surface area contributed by atoms with Gasteiger partial charge in [0.05, 0.1) is 25.4 Å². The number of ether oxygens (including phenoxy) is 3. The number of aliphatic imine (C=N–C) groups is 1. The Balaban J connectivity index is 0.00000363. The summed E-state index contributed by atoms with van der Waals surface area (Å²) in [4.78, 5) is 9.46. The van der Waals surface area contributed by atoms with E-state index in [2.05, 4.69) is 51.3 Å². The smallest absolute Gasteiger partial charge is 0.193 e. The molecule has 2 saturated heterocycles. The Kier molecular flexibility index (Phi) is 12.8. The molecule has 0 aliphatic carbocycles. The zero-order valence-electron chi connectivity index (χ0n) is 19.9. The molecule has 0 radical (unpaired) electrons. The summed E-state index contributed by atoms with van der Waals surface area (Å²) in [5.74, 6) is 0.989. The highest BCUT2D eigenvalue weighted by Crippen LogP contribution is 2.22. The van der Waals surface area contributed by atoms with Crippen molar-refractivity contribution in [2.75, 3.05) is 73.3 Å². The fraction of sp³-hybridized carbons (Fsp3) is 0.708.